The van der Waals surface area contributed by atoms with Crippen molar-refractivity contribution in [3.63, 3.8) is 0 Å². The van der Waals surface area contributed by atoms with Crippen molar-refractivity contribution < 1.29 is 8.81 Å². The highest BCUT2D eigenvalue weighted by Gasteiger charge is 2.19. The number of hydrogen-bond donors (Lipinski definition) is 1. The number of benzene rings is 1. The summed E-state index contributed by atoms with van der Waals surface area (Å²) in [7, 11) is 4.05. The Balaban J connectivity index is 2.05. The van der Waals surface area contributed by atoms with E-state index in [2.05, 4.69) is 17.1 Å². The summed E-state index contributed by atoms with van der Waals surface area (Å²) in [5, 5.41) is 3.51. The number of hydrogen-bond acceptors (Lipinski definition) is 3. The Morgan fingerprint density at radius 2 is 2.05 bits per heavy atom. The quantitative estimate of drug-likeness (QED) is 0.841. The van der Waals surface area contributed by atoms with E-state index < -0.39 is 0 Å². The van der Waals surface area contributed by atoms with Crippen LogP contribution in [-0.2, 0) is 0 Å². The average molecular weight is 290 g/mol. The Hall–Kier alpha value is -1.65. The zero-order valence-corrected chi connectivity index (χ0v) is 12.8. The normalized spacial score (nSPS) is 14.3. The molecule has 3 nitrogen and oxygen atoms in total. The highest BCUT2D eigenvalue weighted by atomic mass is 19.1. The largest absolute Gasteiger partial charge is 0.468 e. The van der Waals surface area contributed by atoms with Gasteiger partial charge < -0.3 is 9.73 Å². The van der Waals surface area contributed by atoms with Gasteiger partial charge >= 0.3 is 0 Å². The van der Waals surface area contributed by atoms with Crippen LogP contribution in [0.2, 0.25) is 0 Å². The lowest BCUT2D eigenvalue weighted by Gasteiger charge is -2.26. The van der Waals surface area contributed by atoms with Crippen molar-refractivity contribution in [3.8, 4) is 0 Å². The highest BCUT2D eigenvalue weighted by Crippen LogP contribution is 2.21. The Kier molecular flexibility index (Phi) is 5.53. The number of furan rings is 1. The van der Waals surface area contributed by atoms with Gasteiger partial charge in [0.15, 0.2) is 0 Å². The van der Waals surface area contributed by atoms with E-state index in [1.165, 1.54) is 6.07 Å². The molecule has 0 aliphatic rings. The van der Waals surface area contributed by atoms with Crippen molar-refractivity contribution in [3.05, 3.63) is 59.8 Å². The van der Waals surface area contributed by atoms with Gasteiger partial charge in [0, 0.05) is 12.6 Å². The minimum atomic E-state index is -0.192. The van der Waals surface area contributed by atoms with Gasteiger partial charge in [-0.3, -0.25) is 4.90 Å². The molecule has 0 spiro atoms. The third kappa shape index (κ3) is 4.16. The van der Waals surface area contributed by atoms with Crippen LogP contribution in [0.5, 0.6) is 0 Å². The van der Waals surface area contributed by atoms with Gasteiger partial charge in [0.25, 0.3) is 0 Å². The zero-order chi connectivity index (χ0) is 15.2. The van der Waals surface area contributed by atoms with E-state index in [1.807, 2.05) is 32.3 Å². The first-order valence-corrected chi connectivity index (χ1v) is 7.30. The summed E-state index contributed by atoms with van der Waals surface area (Å²) in [5.41, 5.74) is 0.981. The highest BCUT2D eigenvalue weighted by molar-refractivity contribution is 5.20. The number of likely N-dealkylation sites (N-methyl/N-ethyl adjacent to an activating group) is 1. The second kappa shape index (κ2) is 7.38. The number of nitrogens with one attached hydrogen (secondary N) is 1. The molecular weight excluding hydrogens is 267 g/mol. The van der Waals surface area contributed by atoms with Crippen LogP contribution in [0.25, 0.3) is 0 Å². The molecule has 1 aromatic heterocycles. The molecule has 21 heavy (non-hydrogen) atoms. The van der Waals surface area contributed by atoms with Crippen molar-refractivity contribution in [2.24, 2.45) is 0 Å². The molecule has 4 heteroatoms. The summed E-state index contributed by atoms with van der Waals surface area (Å²) >= 11 is 0. The van der Waals surface area contributed by atoms with Gasteiger partial charge in [-0.25, -0.2) is 4.39 Å². The lowest BCUT2D eigenvalue weighted by molar-refractivity contribution is 0.243. The third-order valence-electron chi connectivity index (χ3n) is 3.71. The summed E-state index contributed by atoms with van der Waals surface area (Å²) in [5.74, 6) is 0.740. The van der Waals surface area contributed by atoms with E-state index in [1.54, 1.807) is 18.4 Å². The maximum atomic E-state index is 13.4. The molecule has 0 bridgehead atoms. The van der Waals surface area contributed by atoms with Crippen molar-refractivity contribution in [2.75, 3.05) is 20.6 Å². The van der Waals surface area contributed by atoms with Gasteiger partial charge in [-0.15, -0.1) is 0 Å². The number of nitrogens with zero attached hydrogens (tertiary/aromatic N) is 1. The summed E-state index contributed by atoms with van der Waals surface area (Å²) < 4.78 is 18.9. The fourth-order valence-corrected chi connectivity index (χ4v) is 2.49. The molecule has 1 heterocycles. The summed E-state index contributed by atoms with van der Waals surface area (Å²) in [6, 6.07) is 11.0. The molecule has 0 aliphatic carbocycles. The van der Waals surface area contributed by atoms with E-state index in [0.29, 0.717) is 0 Å². The van der Waals surface area contributed by atoms with Gasteiger partial charge in [0.1, 0.15) is 11.6 Å². The summed E-state index contributed by atoms with van der Waals surface area (Å²) in [4.78, 5) is 2.12. The maximum absolute atomic E-state index is 13.4. The molecule has 1 aromatic carbocycles. The van der Waals surface area contributed by atoms with Crippen LogP contribution >= 0.6 is 0 Å². The molecule has 0 saturated heterocycles. The summed E-state index contributed by atoms with van der Waals surface area (Å²) in [6.45, 7) is 2.84. The molecule has 0 radical (unpaired) electrons. The third-order valence-corrected chi connectivity index (χ3v) is 3.71. The second-order valence-corrected chi connectivity index (χ2v) is 5.42. The van der Waals surface area contributed by atoms with Crippen LogP contribution < -0.4 is 5.32 Å². The monoisotopic (exact) mass is 290 g/mol. The molecule has 2 rings (SSSR count). The van der Waals surface area contributed by atoms with Crippen LogP contribution in [0.15, 0.2) is 47.1 Å². The van der Waals surface area contributed by atoms with Gasteiger partial charge in [-0.05, 0) is 50.3 Å². The lowest BCUT2D eigenvalue weighted by atomic mass is 10.0. The molecule has 0 aliphatic heterocycles. The molecular formula is C17H23FN2O. The molecule has 0 saturated carbocycles. The minimum Gasteiger partial charge on any atom is -0.468 e. The minimum absolute atomic E-state index is 0.137. The summed E-state index contributed by atoms with van der Waals surface area (Å²) in [6.07, 6.45) is 2.59. The van der Waals surface area contributed by atoms with E-state index in [9.17, 15) is 4.39 Å². The molecule has 2 atom stereocenters. The van der Waals surface area contributed by atoms with Gasteiger partial charge in [-0.2, -0.15) is 0 Å². The fraction of sp³-hybridized carbons (Fsp3) is 0.412. The smallest absolute Gasteiger partial charge is 0.123 e. The predicted molar refractivity (Wildman–Crippen MR) is 82.6 cm³/mol. The van der Waals surface area contributed by atoms with Crippen LogP contribution in [0.4, 0.5) is 4.39 Å². The second-order valence-electron chi connectivity index (χ2n) is 5.42. The Bertz CT molecular complexity index is 539. The molecule has 1 N–H and O–H groups in total. The van der Waals surface area contributed by atoms with E-state index in [4.69, 9.17) is 4.42 Å². The van der Waals surface area contributed by atoms with Crippen LogP contribution in [-0.4, -0.2) is 25.5 Å². The van der Waals surface area contributed by atoms with Crippen molar-refractivity contribution in [2.45, 2.75) is 25.4 Å². The molecule has 0 fully saturated rings. The first-order chi connectivity index (χ1) is 10.1. The molecule has 2 unspecified atom stereocenters. The van der Waals surface area contributed by atoms with E-state index >= 15 is 0 Å². The van der Waals surface area contributed by atoms with Crippen molar-refractivity contribution >= 4 is 0 Å². The standard InChI is InChI=1S/C17H23FN2O/c1-4-15(13-7-5-8-14(18)11-13)19-12-16(20(2)3)17-9-6-10-21-17/h5-11,15-16,19H,4,12H2,1-3H3. The number of halogens is 1. The molecule has 0 amide bonds. The van der Waals surface area contributed by atoms with Crippen molar-refractivity contribution in [1.29, 1.82) is 0 Å². The van der Waals surface area contributed by atoms with Crippen LogP contribution in [0.3, 0.4) is 0 Å². The van der Waals surface area contributed by atoms with E-state index in [0.717, 1.165) is 24.3 Å². The van der Waals surface area contributed by atoms with Crippen LogP contribution in [0, 0.1) is 5.82 Å². The fourth-order valence-electron chi connectivity index (χ4n) is 2.49. The Morgan fingerprint density at radius 3 is 2.62 bits per heavy atom. The Morgan fingerprint density at radius 1 is 1.24 bits per heavy atom. The van der Waals surface area contributed by atoms with Gasteiger partial charge in [0.05, 0.1) is 12.3 Å². The van der Waals surface area contributed by atoms with E-state index in [-0.39, 0.29) is 17.9 Å². The average Bonchev–Trinajstić information content (AvgIpc) is 2.97. The SMILES string of the molecule is CCC(NCC(c1ccco1)N(C)C)c1cccc(F)c1. The lowest BCUT2D eigenvalue weighted by Crippen LogP contribution is -2.33. The zero-order valence-electron chi connectivity index (χ0n) is 12.8. The van der Waals surface area contributed by atoms with Crippen LogP contribution in [0.1, 0.15) is 36.8 Å². The van der Waals surface area contributed by atoms with Gasteiger partial charge in [-0.1, -0.05) is 19.1 Å². The predicted octanol–water partition coefficient (Wildman–Crippen LogP) is 3.76. The van der Waals surface area contributed by atoms with Gasteiger partial charge in [0.2, 0.25) is 0 Å². The maximum Gasteiger partial charge on any atom is 0.123 e. The Labute approximate surface area is 125 Å². The van der Waals surface area contributed by atoms with Crippen molar-refractivity contribution in [1.82, 2.24) is 10.2 Å². The topological polar surface area (TPSA) is 28.4 Å². The molecule has 2 aromatic rings. The first-order valence-electron chi connectivity index (χ1n) is 7.30. The number of rotatable bonds is 7. The molecule has 114 valence electrons. The first kappa shape index (κ1) is 15.7.